The van der Waals surface area contributed by atoms with Gasteiger partial charge in [-0.2, -0.15) is 5.10 Å². The van der Waals surface area contributed by atoms with Crippen molar-refractivity contribution in [2.24, 2.45) is 5.10 Å². The zero-order valence-electron chi connectivity index (χ0n) is 14.6. The Labute approximate surface area is 150 Å². The fourth-order valence-electron chi connectivity index (χ4n) is 3.36. The average Bonchev–Trinajstić information content (AvgIpc) is 3.06. The molecular formula is C21H18N2O3. The van der Waals surface area contributed by atoms with Crippen molar-refractivity contribution in [2.45, 2.75) is 26.3 Å². The molecule has 2 aromatic carbocycles. The van der Waals surface area contributed by atoms with Gasteiger partial charge in [-0.05, 0) is 24.6 Å². The van der Waals surface area contributed by atoms with Crippen molar-refractivity contribution in [3.8, 4) is 0 Å². The van der Waals surface area contributed by atoms with Gasteiger partial charge in [0.15, 0.2) is 0 Å². The molecule has 0 unspecified atom stereocenters. The van der Waals surface area contributed by atoms with E-state index in [0.29, 0.717) is 23.3 Å². The first-order chi connectivity index (χ1) is 12.5. The Kier molecular flexibility index (Phi) is 3.92. The fraction of sp³-hybridized carbons (Fsp3) is 0.190. The predicted octanol–water partition coefficient (Wildman–Crippen LogP) is 3.80. The summed E-state index contributed by atoms with van der Waals surface area (Å²) in [7, 11) is 0. The number of benzene rings is 2. The number of hydrogen-bond acceptors (Lipinski definition) is 4. The summed E-state index contributed by atoms with van der Waals surface area (Å²) in [6, 6.07) is 16.9. The van der Waals surface area contributed by atoms with Gasteiger partial charge in [0, 0.05) is 18.7 Å². The first kappa shape index (κ1) is 16.3. The number of fused-ring (bicyclic) bond motifs is 1. The highest BCUT2D eigenvalue weighted by Gasteiger charge is 2.32. The van der Waals surface area contributed by atoms with E-state index in [1.807, 2.05) is 49.4 Å². The standard InChI is InChI=1S/C21H18N2O3/c1-13-6-5-8-15(10-13)19-12-18(22-23(19)14(2)24)17-11-16-7-3-4-9-20(16)26-21(17)25/h3-11,19H,12H2,1-2H3/t19-/m0/s1. The van der Waals surface area contributed by atoms with Crippen LogP contribution in [0.4, 0.5) is 0 Å². The summed E-state index contributed by atoms with van der Waals surface area (Å²) < 4.78 is 5.42. The van der Waals surface area contributed by atoms with Gasteiger partial charge in [-0.3, -0.25) is 4.79 Å². The molecule has 130 valence electrons. The second-order valence-electron chi connectivity index (χ2n) is 6.53. The molecule has 1 amide bonds. The lowest BCUT2D eigenvalue weighted by Crippen LogP contribution is -2.24. The average molecular weight is 346 g/mol. The molecule has 1 aliphatic heterocycles. The van der Waals surface area contributed by atoms with E-state index in [2.05, 4.69) is 5.10 Å². The molecule has 5 heteroatoms. The molecule has 0 saturated carbocycles. The Morgan fingerprint density at radius 1 is 1.15 bits per heavy atom. The molecule has 0 fully saturated rings. The van der Waals surface area contributed by atoms with Gasteiger partial charge in [0.25, 0.3) is 0 Å². The minimum atomic E-state index is -0.434. The molecular weight excluding hydrogens is 328 g/mol. The quantitative estimate of drug-likeness (QED) is 0.663. The third-order valence-corrected chi connectivity index (χ3v) is 4.61. The summed E-state index contributed by atoms with van der Waals surface area (Å²) >= 11 is 0. The smallest absolute Gasteiger partial charge is 0.345 e. The molecule has 2 heterocycles. The SMILES string of the molecule is CC(=O)N1N=C(c2cc3ccccc3oc2=O)C[C@H]1c1cccc(C)c1. The molecule has 1 aromatic heterocycles. The third-order valence-electron chi connectivity index (χ3n) is 4.61. The molecule has 3 aromatic rings. The minimum absolute atomic E-state index is 0.156. The topological polar surface area (TPSA) is 62.9 Å². The van der Waals surface area contributed by atoms with Gasteiger partial charge in [-0.1, -0.05) is 48.0 Å². The van der Waals surface area contributed by atoms with Gasteiger partial charge in [0.1, 0.15) is 5.58 Å². The normalized spacial score (nSPS) is 16.8. The van der Waals surface area contributed by atoms with Crippen LogP contribution in [0.1, 0.15) is 36.1 Å². The van der Waals surface area contributed by atoms with Gasteiger partial charge in [-0.15, -0.1) is 0 Å². The maximum atomic E-state index is 12.4. The van der Waals surface area contributed by atoms with Gasteiger partial charge < -0.3 is 4.42 Å². The zero-order chi connectivity index (χ0) is 18.3. The van der Waals surface area contributed by atoms with Crippen molar-refractivity contribution >= 4 is 22.6 Å². The van der Waals surface area contributed by atoms with Crippen LogP contribution >= 0.6 is 0 Å². The van der Waals surface area contributed by atoms with Gasteiger partial charge in [0.05, 0.1) is 17.3 Å². The van der Waals surface area contributed by atoms with Crippen molar-refractivity contribution < 1.29 is 9.21 Å². The van der Waals surface area contributed by atoms with E-state index in [-0.39, 0.29) is 11.9 Å². The number of rotatable bonds is 2. The van der Waals surface area contributed by atoms with E-state index < -0.39 is 5.63 Å². The van der Waals surface area contributed by atoms with E-state index >= 15 is 0 Å². The number of nitrogens with zero attached hydrogens (tertiary/aromatic N) is 2. The number of para-hydroxylation sites is 1. The van der Waals surface area contributed by atoms with E-state index in [1.165, 1.54) is 11.9 Å². The van der Waals surface area contributed by atoms with Crippen LogP contribution < -0.4 is 5.63 Å². The highest BCUT2D eigenvalue weighted by atomic mass is 16.4. The number of aryl methyl sites for hydroxylation is 1. The van der Waals surface area contributed by atoms with Crippen LogP contribution in [0.3, 0.4) is 0 Å². The lowest BCUT2D eigenvalue weighted by Gasteiger charge is -2.20. The van der Waals surface area contributed by atoms with E-state index in [9.17, 15) is 9.59 Å². The van der Waals surface area contributed by atoms with Crippen molar-refractivity contribution in [2.75, 3.05) is 0 Å². The number of hydrazone groups is 1. The highest BCUT2D eigenvalue weighted by Crippen LogP contribution is 2.33. The first-order valence-electron chi connectivity index (χ1n) is 8.50. The number of amides is 1. The molecule has 26 heavy (non-hydrogen) atoms. The second-order valence-corrected chi connectivity index (χ2v) is 6.53. The van der Waals surface area contributed by atoms with Crippen LogP contribution in [-0.2, 0) is 4.79 Å². The second kappa shape index (κ2) is 6.26. The third kappa shape index (κ3) is 2.81. The lowest BCUT2D eigenvalue weighted by molar-refractivity contribution is -0.130. The van der Waals surface area contributed by atoms with Gasteiger partial charge in [0.2, 0.25) is 5.91 Å². The van der Waals surface area contributed by atoms with Crippen LogP contribution in [0.25, 0.3) is 11.0 Å². The summed E-state index contributed by atoms with van der Waals surface area (Å²) in [5, 5.41) is 6.74. The Morgan fingerprint density at radius 2 is 1.96 bits per heavy atom. The summed E-state index contributed by atoms with van der Waals surface area (Å²) in [5.74, 6) is -0.156. The summed E-state index contributed by atoms with van der Waals surface area (Å²) in [4.78, 5) is 24.5. The Hall–Kier alpha value is -3.21. The van der Waals surface area contributed by atoms with Crippen LogP contribution in [-0.4, -0.2) is 16.6 Å². The van der Waals surface area contributed by atoms with E-state index in [4.69, 9.17) is 4.42 Å². The zero-order valence-corrected chi connectivity index (χ0v) is 14.6. The van der Waals surface area contributed by atoms with Crippen molar-refractivity contribution in [1.29, 1.82) is 0 Å². The van der Waals surface area contributed by atoms with Gasteiger partial charge >= 0.3 is 5.63 Å². The summed E-state index contributed by atoms with van der Waals surface area (Å²) in [6.07, 6.45) is 0.478. The molecule has 1 atom stereocenters. The largest absolute Gasteiger partial charge is 0.422 e. The van der Waals surface area contributed by atoms with Crippen LogP contribution in [0.15, 0.2) is 68.9 Å². The number of carbonyl (C=O) groups is 1. The van der Waals surface area contributed by atoms with Crippen molar-refractivity contribution in [3.63, 3.8) is 0 Å². The molecule has 4 rings (SSSR count). The molecule has 0 saturated heterocycles. The van der Waals surface area contributed by atoms with Gasteiger partial charge in [-0.25, -0.2) is 9.80 Å². The Morgan fingerprint density at radius 3 is 2.73 bits per heavy atom. The highest BCUT2D eigenvalue weighted by molar-refractivity contribution is 6.04. The van der Waals surface area contributed by atoms with E-state index in [1.54, 1.807) is 12.1 Å². The minimum Gasteiger partial charge on any atom is -0.422 e. The van der Waals surface area contributed by atoms with Crippen LogP contribution in [0, 0.1) is 6.92 Å². The first-order valence-corrected chi connectivity index (χ1v) is 8.50. The van der Waals surface area contributed by atoms with Crippen molar-refractivity contribution in [3.05, 3.63) is 81.7 Å². The molecule has 0 bridgehead atoms. The number of carbonyl (C=O) groups excluding carboxylic acids is 1. The lowest BCUT2D eigenvalue weighted by atomic mass is 9.97. The molecule has 5 nitrogen and oxygen atoms in total. The predicted molar refractivity (Wildman–Crippen MR) is 100 cm³/mol. The maximum Gasteiger partial charge on any atom is 0.345 e. The Balaban J connectivity index is 1.78. The maximum absolute atomic E-state index is 12.4. The van der Waals surface area contributed by atoms with E-state index in [0.717, 1.165) is 16.5 Å². The van der Waals surface area contributed by atoms with Crippen molar-refractivity contribution in [1.82, 2.24) is 5.01 Å². The molecule has 0 spiro atoms. The fourth-order valence-corrected chi connectivity index (χ4v) is 3.36. The summed E-state index contributed by atoms with van der Waals surface area (Å²) in [6.45, 7) is 3.49. The summed E-state index contributed by atoms with van der Waals surface area (Å²) in [5.41, 5.74) is 3.21. The number of hydrogen-bond donors (Lipinski definition) is 0. The molecule has 0 aliphatic carbocycles. The Bertz CT molecular complexity index is 1100. The molecule has 1 aliphatic rings. The molecule has 0 N–H and O–H groups in total. The van der Waals surface area contributed by atoms with Crippen LogP contribution in [0.2, 0.25) is 0 Å². The van der Waals surface area contributed by atoms with Crippen LogP contribution in [0.5, 0.6) is 0 Å². The molecule has 0 radical (unpaired) electrons. The monoisotopic (exact) mass is 346 g/mol.